The van der Waals surface area contributed by atoms with Gasteiger partial charge in [-0.25, -0.2) is 0 Å². The summed E-state index contributed by atoms with van der Waals surface area (Å²) in [6.07, 6.45) is 0.451. The lowest BCUT2D eigenvalue weighted by atomic mass is 9.99. The van der Waals surface area contributed by atoms with Crippen LogP contribution in [0.25, 0.3) is 0 Å². The summed E-state index contributed by atoms with van der Waals surface area (Å²) in [5.41, 5.74) is 1.10. The van der Waals surface area contributed by atoms with Crippen LogP contribution in [0.5, 0.6) is 0 Å². The van der Waals surface area contributed by atoms with Gasteiger partial charge in [-0.3, -0.25) is 0 Å². The maximum atomic E-state index is 9.84. The lowest BCUT2D eigenvalue weighted by molar-refractivity contribution is -0.0397. The van der Waals surface area contributed by atoms with Crippen molar-refractivity contribution in [1.29, 1.82) is 0 Å². The van der Waals surface area contributed by atoms with Crippen molar-refractivity contribution in [3.8, 4) is 0 Å². The molecule has 0 saturated heterocycles. The first kappa shape index (κ1) is 14.9. The maximum Gasteiger partial charge on any atom is 0.0849 e. The molecular formula is C15H22O3. The number of hydrogen-bond donors (Lipinski definition) is 2. The lowest BCUT2D eigenvalue weighted by Gasteiger charge is -2.23. The molecule has 1 aromatic rings. The number of aliphatic hydroxyl groups excluding tert-OH is 2. The standard InChI is InChI=1S/C15H22O3/c1-3-7-14(16)15(17)12(2)10-18-11-13-8-5-4-6-9-13/h3-6,8-9,12,14-17H,1,7,10-11H2,2H3/t12-,14+,15-/m0/s1. The second-order valence-corrected chi connectivity index (χ2v) is 4.56. The van der Waals surface area contributed by atoms with E-state index in [1.807, 2.05) is 37.3 Å². The quantitative estimate of drug-likeness (QED) is 0.695. The highest BCUT2D eigenvalue weighted by Gasteiger charge is 2.21. The van der Waals surface area contributed by atoms with Crippen LogP contribution in [0.4, 0.5) is 0 Å². The Morgan fingerprint density at radius 1 is 1.28 bits per heavy atom. The molecule has 18 heavy (non-hydrogen) atoms. The van der Waals surface area contributed by atoms with Crippen LogP contribution in [-0.4, -0.2) is 29.0 Å². The largest absolute Gasteiger partial charge is 0.390 e. The van der Waals surface area contributed by atoms with Gasteiger partial charge >= 0.3 is 0 Å². The van der Waals surface area contributed by atoms with Gasteiger partial charge in [0.2, 0.25) is 0 Å². The molecule has 0 bridgehead atoms. The Hall–Kier alpha value is -1.16. The van der Waals surface area contributed by atoms with Crippen molar-refractivity contribution in [2.45, 2.75) is 32.2 Å². The highest BCUT2D eigenvalue weighted by Crippen LogP contribution is 2.12. The highest BCUT2D eigenvalue weighted by atomic mass is 16.5. The molecule has 0 radical (unpaired) electrons. The van der Waals surface area contributed by atoms with E-state index in [1.165, 1.54) is 0 Å². The molecule has 0 aliphatic rings. The number of benzene rings is 1. The molecule has 0 saturated carbocycles. The minimum atomic E-state index is -0.779. The van der Waals surface area contributed by atoms with Gasteiger partial charge in [0.25, 0.3) is 0 Å². The number of ether oxygens (including phenoxy) is 1. The van der Waals surface area contributed by atoms with E-state index in [1.54, 1.807) is 6.08 Å². The molecule has 3 atom stereocenters. The van der Waals surface area contributed by atoms with Crippen molar-refractivity contribution in [1.82, 2.24) is 0 Å². The minimum Gasteiger partial charge on any atom is -0.390 e. The first-order chi connectivity index (χ1) is 8.65. The summed E-state index contributed by atoms with van der Waals surface area (Å²) in [4.78, 5) is 0. The third-order valence-corrected chi connectivity index (χ3v) is 2.88. The second kappa shape index (κ2) is 8.03. The van der Waals surface area contributed by atoms with Crippen molar-refractivity contribution in [3.05, 3.63) is 48.6 Å². The van der Waals surface area contributed by atoms with Gasteiger partial charge in [-0.05, 0) is 12.0 Å². The molecule has 0 aliphatic heterocycles. The van der Waals surface area contributed by atoms with Gasteiger partial charge in [0, 0.05) is 5.92 Å². The molecule has 2 N–H and O–H groups in total. The zero-order valence-corrected chi connectivity index (χ0v) is 10.8. The fourth-order valence-corrected chi connectivity index (χ4v) is 1.72. The van der Waals surface area contributed by atoms with Crippen molar-refractivity contribution in [2.24, 2.45) is 5.92 Å². The molecule has 0 unspecified atom stereocenters. The summed E-state index contributed by atoms with van der Waals surface area (Å²) in [7, 11) is 0. The second-order valence-electron chi connectivity index (χ2n) is 4.56. The van der Waals surface area contributed by atoms with Crippen LogP contribution in [0.15, 0.2) is 43.0 Å². The highest BCUT2D eigenvalue weighted by molar-refractivity contribution is 5.13. The Balaban J connectivity index is 2.28. The van der Waals surface area contributed by atoms with Crippen LogP contribution in [0.2, 0.25) is 0 Å². The van der Waals surface area contributed by atoms with Crippen LogP contribution in [0, 0.1) is 5.92 Å². The maximum absolute atomic E-state index is 9.84. The van der Waals surface area contributed by atoms with Gasteiger partial charge in [0.05, 0.1) is 25.4 Å². The fraction of sp³-hybridized carbons (Fsp3) is 0.467. The van der Waals surface area contributed by atoms with E-state index in [0.717, 1.165) is 5.56 Å². The molecule has 0 spiro atoms. The number of hydrogen-bond acceptors (Lipinski definition) is 3. The van der Waals surface area contributed by atoms with Crippen LogP contribution in [-0.2, 0) is 11.3 Å². The third-order valence-electron chi connectivity index (χ3n) is 2.88. The molecule has 0 heterocycles. The van der Waals surface area contributed by atoms with Gasteiger partial charge < -0.3 is 14.9 Å². The van der Waals surface area contributed by atoms with E-state index in [0.29, 0.717) is 19.6 Å². The molecule has 3 nitrogen and oxygen atoms in total. The normalized spacial score (nSPS) is 15.9. The Morgan fingerprint density at radius 2 is 1.94 bits per heavy atom. The van der Waals surface area contributed by atoms with Gasteiger partial charge in [0.1, 0.15) is 0 Å². The van der Waals surface area contributed by atoms with E-state index in [4.69, 9.17) is 4.74 Å². The van der Waals surface area contributed by atoms with Crippen molar-refractivity contribution >= 4 is 0 Å². The molecule has 100 valence electrons. The average Bonchev–Trinajstić information content (AvgIpc) is 2.39. The minimum absolute atomic E-state index is 0.108. The molecule has 1 aromatic carbocycles. The molecule has 3 heteroatoms. The van der Waals surface area contributed by atoms with Gasteiger partial charge in [0.15, 0.2) is 0 Å². The SMILES string of the molecule is C=CC[C@@H](O)[C@@H](O)[C@@H](C)COCc1ccccc1. The summed E-state index contributed by atoms with van der Waals surface area (Å²) in [5.74, 6) is -0.108. The van der Waals surface area contributed by atoms with Crippen molar-refractivity contribution < 1.29 is 14.9 Å². The summed E-state index contributed by atoms with van der Waals surface area (Å²) < 4.78 is 5.53. The third kappa shape index (κ3) is 5.00. The van der Waals surface area contributed by atoms with E-state index in [2.05, 4.69) is 6.58 Å². The fourth-order valence-electron chi connectivity index (χ4n) is 1.72. The zero-order valence-electron chi connectivity index (χ0n) is 10.8. The Labute approximate surface area is 109 Å². The van der Waals surface area contributed by atoms with E-state index in [-0.39, 0.29) is 5.92 Å². The summed E-state index contributed by atoms with van der Waals surface area (Å²) in [6, 6.07) is 9.87. The van der Waals surface area contributed by atoms with Gasteiger partial charge in [-0.2, -0.15) is 0 Å². The van der Waals surface area contributed by atoms with Crippen LogP contribution in [0.3, 0.4) is 0 Å². The van der Waals surface area contributed by atoms with E-state index >= 15 is 0 Å². The molecular weight excluding hydrogens is 228 g/mol. The Morgan fingerprint density at radius 3 is 2.56 bits per heavy atom. The monoisotopic (exact) mass is 250 g/mol. The van der Waals surface area contributed by atoms with Crippen LogP contribution in [0.1, 0.15) is 18.9 Å². The molecule has 0 aliphatic carbocycles. The van der Waals surface area contributed by atoms with Crippen molar-refractivity contribution in [3.63, 3.8) is 0 Å². The Kier molecular flexibility index (Phi) is 6.65. The number of rotatable bonds is 8. The van der Waals surface area contributed by atoms with Gasteiger partial charge in [-0.1, -0.05) is 43.3 Å². The van der Waals surface area contributed by atoms with E-state index in [9.17, 15) is 10.2 Å². The molecule has 0 fully saturated rings. The lowest BCUT2D eigenvalue weighted by Crippen LogP contribution is -2.34. The topological polar surface area (TPSA) is 49.7 Å². The first-order valence-electron chi connectivity index (χ1n) is 6.23. The molecule has 0 amide bonds. The smallest absolute Gasteiger partial charge is 0.0849 e. The van der Waals surface area contributed by atoms with Crippen molar-refractivity contribution in [2.75, 3.05) is 6.61 Å². The summed E-state index contributed by atoms with van der Waals surface area (Å²) in [5, 5.41) is 19.5. The van der Waals surface area contributed by atoms with Crippen LogP contribution < -0.4 is 0 Å². The summed E-state index contributed by atoms with van der Waals surface area (Å²) >= 11 is 0. The first-order valence-corrected chi connectivity index (χ1v) is 6.23. The Bertz CT molecular complexity index is 337. The average molecular weight is 250 g/mol. The number of aliphatic hydroxyl groups is 2. The summed E-state index contributed by atoms with van der Waals surface area (Å²) in [6.45, 7) is 6.35. The van der Waals surface area contributed by atoms with Crippen LogP contribution >= 0.6 is 0 Å². The molecule has 1 rings (SSSR count). The van der Waals surface area contributed by atoms with Gasteiger partial charge in [-0.15, -0.1) is 6.58 Å². The zero-order chi connectivity index (χ0) is 13.4. The predicted octanol–water partition coefficient (Wildman–Crippen LogP) is 2.14. The molecule has 0 aromatic heterocycles. The predicted molar refractivity (Wildman–Crippen MR) is 72.1 cm³/mol. The van der Waals surface area contributed by atoms with E-state index < -0.39 is 12.2 Å².